The van der Waals surface area contributed by atoms with E-state index in [1.54, 1.807) is 54.7 Å². The van der Waals surface area contributed by atoms with Crippen LogP contribution in [0.3, 0.4) is 0 Å². The fraction of sp³-hybridized carbons (Fsp3) is 0. The van der Waals surface area contributed by atoms with Crippen molar-refractivity contribution in [1.82, 2.24) is 15.9 Å². The fourth-order valence-electron chi connectivity index (χ4n) is 2.58. The van der Waals surface area contributed by atoms with Gasteiger partial charge >= 0.3 is 0 Å². The average molecular weight is 444 g/mol. The fourth-order valence-corrected chi connectivity index (χ4v) is 2.93. The van der Waals surface area contributed by atoms with Crippen molar-refractivity contribution in [2.24, 2.45) is 0 Å². The maximum absolute atomic E-state index is 12.3. The molecule has 2 aromatic carbocycles. The third kappa shape index (κ3) is 5.36. The van der Waals surface area contributed by atoms with Crippen LogP contribution >= 0.6 is 23.2 Å². The summed E-state index contributed by atoms with van der Waals surface area (Å²) in [5.74, 6) is -0.854. The van der Waals surface area contributed by atoms with Gasteiger partial charge in [0.2, 0.25) is 0 Å². The van der Waals surface area contributed by atoms with Crippen LogP contribution in [0, 0.1) is 0 Å². The SMILES string of the molecule is O=C(/C=C/c1cc(Cl)ccc1-c1cc(Cl)ccc1ONC(=O)c1cccnc1)NO. The third-order valence-electron chi connectivity index (χ3n) is 3.95. The molecule has 0 spiro atoms. The first-order chi connectivity index (χ1) is 14.5. The Bertz CT molecular complexity index is 1100. The first-order valence-corrected chi connectivity index (χ1v) is 9.32. The van der Waals surface area contributed by atoms with Crippen LogP contribution in [0.15, 0.2) is 67.0 Å². The maximum Gasteiger partial charge on any atom is 0.285 e. The van der Waals surface area contributed by atoms with Gasteiger partial charge in [0, 0.05) is 34.1 Å². The molecule has 0 unspecified atom stereocenters. The van der Waals surface area contributed by atoms with Gasteiger partial charge in [-0.3, -0.25) is 19.8 Å². The molecule has 0 saturated heterocycles. The molecule has 0 bridgehead atoms. The van der Waals surface area contributed by atoms with Gasteiger partial charge in [0.25, 0.3) is 11.8 Å². The van der Waals surface area contributed by atoms with Gasteiger partial charge < -0.3 is 4.84 Å². The van der Waals surface area contributed by atoms with E-state index in [1.807, 2.05) is 0 Å². The summed E-state index contributed by atoms with van der Waals surface area (Å²) in [4.78, 5) is 33.1. The van der Waals surface area contributed by atoms with E-state index in [1.165, 1.54) is 17.8 Å². The Morgan fingerprint density at radius 2 is 1.80 bits per heavy atom. The van der Waals surface area contributed by atoms with Crippen LogP contribution in [-0.2, 0) is 4.79 Å². The molecule has 0 aliphatic heterocycles. The van der Waals surface area contributed by atoms with Crippen LogP contribution in [0.5, 0.6) is 5.75 Å². The Morgan fingerprint density at radius 1 is 1.03 bits per heavy atom. The summed E-state index contributed by atoms with van der Waals surface area (Å²) in [6, 6.07) is 13.1. The van der Waals surface area contributed by atoms with Crippen molar-refractivity contribution in [2.75, 3.05) is 0 Å². The Hall–Kier alpha value is -3.39. The largest absolute Gasteiger partial charge is 0.379 e. The van der Waals surface area contributed by atoms with Crippen molar-refractivity contribution in [3.63, 3.8) is 0 Å². The highest BCUT2D eigenvalue weighted by molar-refractivity contribution is 6.31. The molecule has 3 rings (SSSR count). The lowest BCUT2D eigenvalue weighted by Gasteiger charge is -2.14. The number of aromatic nitrogens is 1. The van der Waals surface area contributed by atoms with Crippen molar-refractivity contribution >= 4 is 41.1 Å². The maximum atomic E-state index is 12.3. The van der Waals surface area contributed by atoms with Gasteiger partial charge in [0.05, 0.1) is 5.56 Å². The van der Waals surface area contributed by atoms with Gasteiger partial charge in [0.1, 0.15) is 0 Å². The van der Waals surface area contributed by atoms with E-state index >= 15 is 0 Å². The minimum absolute atomic E-state index is 0.320. The molecular weight excluding hydrogens is 429 g/mol. The van der Waals surface area contributed by atoms with Crippen molar-refractivity contribution in [2.45, 2.75) is 0 Å². The number of pyridine rings is 1. The van der Waals surface area contributed by atoms with Gasteiger partial charge in [0.15, 0.2) is 5.75 Å². The average Bonchev–Trinajstić information content (AvgIpc) is 2.77. The van der Waals surface area contributed by atoms with Gasteiger partial charge in [-0.1, -0.05) is 29.3 Å². The third-order valence-corrected chi connectivity index (χ3v) is 4.42. The van der Waals surface area contributed by atoms with E-state index in [0.29, 0.717) is 38.0 Å². The molecule has 2 amide bonds. The van der Waals surface area contributed by atoms with E-state index in [4.69, 9.17) is 33.2 Å². The van der Waals surface area contributed by atoms with Crippen molar-refractivity contribution < 1.29 is 19.6 Å². The summed E-state index contributed by atoms with van der Waals surface area (Å²) < 4.78 is 0. The molecule has 152 valence electrons. The second-order valence-electron chi connectivity index (χ2n) is 5.96. The molecule has 0 fully saturated rings. The molecule has 3 N–H and O–H groups in total. The number of halogens is 2. The minimum Gasteiger partial charge on any atom is -0.379 e. The lowest BCUT2D eigenvalue weighted by atomic mass is 9.98. The standard InChI is InChI=1S/C21H15Cl2N3O4/c22-15-4-6-17(13(10-15)3-8-20(27)25-29)18-11-16(23)5-7-19(18)30-26-21(28)14-2-1-9-24-12-14/h1-12,29H,(H,25,27)(H,26,28)/b8-3+. The summed E-state index contributed by atoms with van der Waals surface area (Å²) >= 11 is 12.3. The zero-order chi connectivity index (χ0) is 21.5. The molecule has 0 saturated carbocycles. The normalized spacial score (nSPS) is 10.6. The minimum atomic E-state index is -0.702. The van der Waals surface area contributed by atoms with Gasteiger partial charge in [-0.2, -0.15) is 5.48 Å². The van der Waals surface area contributed by atoms with Crippen LogP contribution in [0.4, 0.5) is 0 Å². The number of hydrogen-bond acceptors (Lipinski definition) is 5. The summed E-state index contributed by atoms with van der Waals surface area (Å²) in [5, 5.41) is 9.57. The molecule has 0 atom stereocenters. The monoisotopic (exact) mass is 443 g/mol. The predicted molar refractivity (Wildman–Crippen MR) is 113 cm³/mol. The molecule has 1 aromatic heterocycles. The number of nitrogens with one attached hydrogen (secondary N) is 2. The highest BCUT2D eigenvalue weighted by Gasteiger charge is 2.14. The second kappa shape index (κ2) is 9.89. The molecule has 30 heavy (non-hydrogen) atoms. The predicted octanol–water partition coefficient (Wildman–Crippen LogP) is 4.30. The van der Waals surface area contributed by atoms with Crippen molar-refractivity contribution in [3.05, 3.63) is 88.2 Å². The Kier molecular flexibility index (Phi) is 7.03. The number of carbonyl (C=O) groups is 2. The number of carbonyl (C=O) groups excluding carboxylic acids is 2. The van der Waals surface area contributed by atoms with Crippen molar-refractivity contribution in [3.8, 4) is 16.9 Å². The number of benzene rings is 2. The molecular formula is C21H15Cl2N3O4. The van der Waals surface area contributed by atoms with Gasteiger partial charge in [-0.25, -0.2) is 5.48 Å². The molecule has 0 aliphatic rings. The summed E-state index contributed by atoms with van der Waals surface area (Å²) in [7, 11) is 0. The van der Waals surface area contributed by atoms with Crippen LogP contribution < -0.4 is 15.8 Å². The zero-order valence-electron chi connectivity index (χ0n) is 15.3. The first-order valence-electron chi connectivity index (χ1n) is 8.57. The molecule has 9 heteroatoms. The van der Waals surface area contributed by atoms with Crippen LogP contribution in [0.1, 0.15) is 15.9 Å². The Labute approximate surface area is 181 Å². The summed E-state index contributed by atoms with van der Waals surface area (Å²) in [6.07, 6.45) is 5.59. The number of rotatable bonds is 6. The molecule has 0 radical (unpaired) electrons. The lowest BCUT2D eigenvalue weighted by molar-refractivity contribution is -0.124. The molecule has 3 aromatic rings. The topological polar surface area (TPSA) is 101 Å². The number of amides is 2. The van der Waals surface area contributed by atoms with E-state index in [0.717, 1.165) is 6.08 Å². The van der Waals surface area contributed by atoms with Crippen LogP contribution in [0.2, 0.25) is 10.0 Å². The Balaban J connectivity index is 1.95. The lowest BCUT2D eigenvalue weighted by Crippen LogP contribution is -2.27. The zero-order valence-corrected chi connectivity index (χ0v) is 16.8. The number of hydrogen-bond donors (Lipinski definition) is 3. The molecule has 7 nitrogen and oxygen atoms in total. The number of nitrogens with zero attached hydrogens (tertiary/aromatic N) is 1. The van der Waals surface area contributed by atoms with Crippen LogP contribution in [0.25, 0.3) is 17.2 Å². The first kappa shape index (κ1) is 21.3. The van der Waals surface area contributed by atoms with Gasteiger partial charge in [-0.05, 0) is 59.7 Å². The highest BCUT2D eigenvalue weighted by atomic mass is 35.5. The quantitative estimate of drug-likeness (QED) is 0.299. The Morgan fingerprint density at radius 3 is 2.53 bits per heavy atom. The van der Waals surface area contributed by atoms with Crippen LogP contribution in [-0.4, -0.2) is 22.0 Å². The van der Waals surface area contributed by atoms with E-state index in [2.05, 4.69) is 10.5 Å². The summed E-state index contributed by atoms with van der Waals surface area (Å²) in [5.41, 5.74) is 5.98. The van der Waals surface area contributed by atoms with E-state index in [-0.39, 0.29) is 0 Å². The highest BCUT2D eigenvalue weighted by Crippen LogP contribution is 2.36. The second-order valence-corrected chi connectivity index (χ2v) is 6.83. The van der Waals surface area contributed by atoms with Crippen molar-refractivity contribution in [1.29, 1.82) is 0 Å². The van der Waals surface area contributed by atoms with Gasteiger partial charge in [-0.15, -0.1) is 0 Å². The molecule has 0 aliphatic carbocycles. The van der Waals surface area contributed by atoms with E-state index < -0.39 is 11.8 Å². The number of hydroxylamine groups is 2. The summed E-state index contributed by atoms with van der Waals surface area (Å²) in [6.45, 7) is 0. The van der Waals surface area contributed by atoms with E-state index in [9.17, 15) is 9.59 Å². The smallest absolute Gasteiger partial charge is 0.285 e. The molecule has 1 heterocycles.